The van der Waals surface area contributed by atoms with Gasteiger partial charge in [-0.05, 0) is 18.6 Å². The number of hydrogen-bond acceptors (Lipinski definition) is 1. The van der Waals surface area contributed by atoms with E-state index in [1.165, 1.54) is 12.1 Å². The monoisotopic (exact) mass is 143 g/mol. The van der Waals surface area contributed by atoms with Gasteiger partial charge in [0.15, 0.2) is 0 Å². The molecule has 0 aromatic heterocycles. The molecule has 0 aliphatic rings. The van der Waals surface area contributed by atoms with E-state index in [2.05, 4.69) is 24.4 Å². The van der Waals surface area contributed by atoms with Crippen molar-refractivity contribution in [3.05, 3.63) is 30.3 Å². The van der Waals surface area contributed by atoms with E-state index < -0.39 is 0 Å². The Labute approximate surface area is 80.4 Å². The molecule has 0 spiro atoms. The fourth-order valence-corrected chi connectivity index (χ4v) is 0.825. The zero-order chi connectivity index (χ0) is 7.23. The van der Waals surface area contributed by atoms with E-state index in [4.69, 9.17) is 0 Å². The Morgan fingerprint density at radius 3 is 2.36 bits per heavy atom. The third kappa shape index (κ3) is 4.13. The molecule has 0 bridgehead atoms. The van der Waals surface area contributed by atoms with Gasteiger partial charge in [-0.15, -0.1) is 0 Å². The zero-order valence-corrected chi connectivity index (χ0v) is 6.30. The third-order valence-corrected chi connectivity index (χ3v) is 1.35. The SMILES string of the molecule is CCCNc1ccccc1.[LiH]. The molecular formula is C9H14LiN. The number of rotatable bonds is 3. The van der Waals surface area contributed by atoms with Gasteiger partial charge in [0, 0.05) is 12.2 Å². The molecule has 0 heterocycles. The molecule has 1 aromatic carbocycles. The third-order valence-electron chi connectivity index (χ3n) is 1.35. The average molecular weight is 143 g/mol. The van der Waals surface area contributed by atoms with Gasteiger partial charge >= 0.3 is 18.9 Å². The van der Waals surface area contributed by atoms with Crippen molar-refractivity contribution in [1.29, 1.82) is 0 Å². The van der Waals surface area contributed by atoms with Crippen molar-refractivity contribution in [2.24, 2.45) is 0 Å². The van der Waals surface area contributed by atoms with Crippen molar-refractivity contribution in [2.75, 3.05) is 11.9 Å². The molecule has 0 atom stereocenters. The van der Waals surface area contributed by atoms with E-state index >= 15 is 0 Å². The molecular weight excluding hydrogens is 129 g/mol. The number of nitrogens with one attached hydrogen (secondary N) is 1. The Morgan fingerprint density at radius 2 is 1.82 bits per heavy atom. The topological polar surface area (TPSA) is 12.0 Å². The molecule has 0 radical (unpaired) electrons. The second kappa shape index (κ2) is 6.34. The Bertz CT molecular complexity index is 174. The average Bonchev–Trinajstić information content (AvgIpc) is 2.03. The van der Waals surface area contributed by atoms with Crippen LogP contribution in [-0.2, 0) is 0 Å². The molecule has 0 aliphatic heterocycles. The Kier molecular flexibility index (Phi) is 6.12. The van der Waals surface area contributed by atoms with Crippen molar-refractivity contribution in [3.63, 3.8) is 0 Å². The Balaban J connectivity index is 0.000001000. The van der Waals surface area contributed by atoms with Crippen LogP contribution in [0.2, 0.25) is 0 Å². The molecule has 1 N–H and O–H groups in total. The second-order valence-corrected chi connectivity index (χ2v) is 2.29. The summed E-state index contributed by atoms with van der Waals surface area (Å²) < 4.78 is 0. The maximum absolute atomic E-state index is 3.29. The van der Waals surface area contributed by atoms with E-state index in [1.54, 1.807) is 0 Å². The van der Waals surface area contributed by atoms with Gasteiger partial charge in [0.25, 0.3) is 0 Å². The molecule has 1 rings (SSSR count). The molecule has 1 aromatic rings. The fourth-order valence-electron chi connectivity index (χ4n) is 0.825. The zero-order valence-electron chi connectivity index (χ0n) is 6.30. The Morgan fingerprint density at radius 1 is 1.18 bits per heavy atom. The summed E-state index contributed by atoms with van der Waals surface area (Å²) in [5, 5.41) is 3.29. The van der Waals surface area contributed by atoms with Crippen molar-refractivity contribution in [1.82, 2.24) is 0 Å². The number of benzene rings is 1. The summed E-state index contributed by atoms with van der Waals surface area (Å²) in [4.78, 5) is 0. The summed E-state index contributed by atoms with van der Waals surface area (Å²) in [7, 11) is 0. The maximum atomic E-state index is 3.29. The first-order valence-corrected chi connectivity index (χ1v) is 3.72. The normalized spacial score (nSPS) is 8.45. The van der Waals surface area contributed by atoms with E-state index in [9.17, 15) is 0 Å². The number of anilines is 1. The van der Waals surface area contributed by atoms with Crippen LogP contribution in [0.5, 0.6) is 0 Å². The summed E-state index contributed by atoms with van der Waals surface area (Å²) in [6.45, 7) is 3.22. The van der Waals surface area contributed by atoms with Crippen molar-refractivity contribution in [2.45, 2.75) is 13.3 Å². The van der Waals surface area contributed by atoms with Crippen LogP contribution in [-0.4, -0.2) is 25.4 Å². The van der Waals surface area contributed by atoms with Gasteiger partial charge in [-0.25, -0.2) is 0 Å². The van der Waals surface area contributed by atoms with Gasteiger partial charge in [0.05, 0.1) is 0 Å². The minimum absolute atomic E-state index is 0. The molecule has 0 fully saturated rings. The van der Waals surface area contributed by atoms with Crippen LogP contribution in [0.3, 0.4) is 0 Å². The van der Waals surface area contributed by atoms with Crippen LogP contribution in [0, 0.1) is 0 Å². The molecule has 11 heavy (non-hydrogen) atoms. The molecule has 0 saturated heterocycles. The molecule has 2 heteroatoms. The summed E-state index contributed by atoms with van der Waals surface area (Å²) >= 11 is 0. The summed E-state index contributed by atoms with van der Waals surface area (Å²) in [6, 6.07) is 10.3. The van der Waals surface area contributed by atoms with Crippen molar-refractivity contribution in [3.8, 4) is 0 Å². The van der Waals surface area contributed by atoms with E-state index in [0.717, 1.165) is 6.54 Å². The van der Waals surface area contributed by atoms with Crippen LogP contribution in [0.25, 0.3) is 0 Å². The standard InChI is InChI=1S/C9H13N.Li.H/c1-2-8-10-9-6-4-3-5-7-9;;/h3-7,10H,2,8H2,1H3;;. The minimum atomic E-state index is 0. The first-order valence-electron chi connectivity index (χ1n) is 3.72. The first kappa shape index (κ1) is 10.6. The predicted octanol–water partition coefficient (Wildman–Crippen LogP) is 1.86. The van der Waals surface area contributed by atoms with Gasteiger partial charge in [-0.1, -0.05) is 25.1 Å². The molecule has 0 amide bonds. The van der Waals surface area contributed by atoms with Crippen LogP contribution in [0.15, 0.2) is 30.3 Å². The van der Waals surface area contributed by atoms with Gasteiger partial charge in [-0.3, -0.25) is 0 Å². The van der Waals surface area contributed by atoms with E-state index in [0.29, 0.717) is 0 Å². The molecule has 0 aliphatic carbocycles. The summed E-state index contributed by atoms with van der Waals surface area (Å²) in [5.41, 5.74) is 1.21. The molecule has 1 nitrogen and oxygen atoms in total. The second-order valence-electron chi connectivity index (χ2n) is 2.29. The van der Waals surface area contributed by atoms with E-state index in [1.807, 2.05) is 18.2 Å². The first-order chi connectivity index (χ1) is 4.93. The van der Waals surface area contributed by atoms with Gasteiger partial charge in [-0.2, -0.15) is 0 Å². The number of para-hydroxylation sites is 1. The van der Waals surface area contributed by atoms with Crippen LogP contribution >= 0.6 is 0 Å². The number of hydrogen-bond donors (Lipinski definition) is 1. The van der Waals surface area contributed by atoms with Crippen LogP contribution in [0.1, 0.15) is 13.3 Å². The van der Waals surface area contributed by atoms with Crippen molar-refractivity contribution >= 4 is 24.5 Å². The van der Waals surface area contributed by atoms with Gasteiger partial charge in [0.1, 0.15) is 0 Å². The fraction of sp³-hybridized carbons (Fsp3) is 0.333. The van der Waals surface area contributed by atoms with E-state index in [-0.39, 0.29) is 18.9 Å². The molecule has 0 unspecified atom stereocenters. The molecule has 0 saturated carbocycles. The van der Waals surface area contributed by atoms with Crippen LogP contribution in [0.4, 0.5) is 5.69 Å². The van der Waals surface area contributed by atoms with Gasteiger partial charge in [0.2, 0.25) is 0 Å². The summed E-state index contributed by atoms with van der Waals surface area (Å²) in [5.74, 6) is 0. The Hall–Kier alpha value is -0.383. The summed E-state index contributed by atoms with van der Waals surface area (Å²) in [6.07, 6.45) is 1.18. The van der Waals surface area contributed by atoms with Crippen molar-refractivity contribution < 1.29 is 0 Å². The van der Waals surface area contributed by atoms with Gasteiger partial charge < -0.3 is 5.32 Å². The molecule has 56 valence electrons. The predicted molar refractivity (Wildman–Crippen MR) is 52.4 cm³/mol. The van der Waals surface area contributed by atoms with Crippen LogP contribution < -0.4 is 5.32 Å². The quantitative estimate of drug-likeness (QED) is 0.637.